The predicted octanol–water partition coefficient (Wildman–Crippen LogP) is 4.24. The fourth-order valence-corrected chi connectivity index (χ4v) is 4.00. The minimum Gasteiger partial charge on any atom is -0.363 e. The number of nitrogens with one attached hydrogen (secondary N) is 3. The van der Waals surface area contributed by atoms with E-state index in [0.717, 1.165) is 28.3 Å². The highest BCUT2D eigenvalue weighted by Crippen LogP contribution is 2.41. The molecule has 1 fully saturated rings. The molecule has 0 saturated carbocycles. The zero-order valence-corrected chi connectivity index (χ0v) is 17.2. The molecule has 0 aliphatic carbocycles. The number of carbonyl (C=O) groups is 1. The van der Waals surface area contributed by atoms with Gasteiger partial charge < -0.3 is 20.5 Å². The van der Waals surface area contributed by atoms with Crippen molar-refractivity contribution < 1.29 is 4.79 Å². The van der Waals surface area contributed by atoms with Crippen molar-refractivity contribution in [2.75, 3.05) is 10.2 Å². The lowest BCUT2D eigenvalue weighted by Crippen LogP contribution is -2.29. The fourth-order valence-electron chi connectivity index (χ4n) is 3.65. The molecule has 1 saturated heterocycles. The molecule has 1 amide bonds. The highest BCUT2D eigenvalue weighted by atomic mass is 32.1. The van der Waals surface area contributed by atoms with Crippen LogP contribution < -0.4 is 15.5 Å². The van der Waals surface area contributed by atoms with Crippen LogP contribution in [-0.4, -0.2) is 21.0 Å². The van der Waals surface area contributed by atoms with Crippen LogP contribution in [0.2, 0.25) is 0 Å². The summed E-state index contributed by atoms with van der Waals surface area (Å²) in [5.74, 6) is -0.00121. The Kier molecular flexibility index (Phi) is 5.31. The van der Waals surface area contributed by atoms with Crippen molar-refractivity contribution >= 4 is 34.6 Å². The minimum atomic E-state index is -0.0814. The highest BCUT2D eigenvalue weighted by molar-refractivity contribution is 7.80. The summed E-state index contributed by atoms with van der Waals surface area (Å²) < 4.78 is 0. The van der Waals surface area contributed by atoms with Crippen molar-refractivity contribution in [3.8, 4) is 0 Å². The second kappa shape index (κ2) is 8.05. The molecule has 1 aromatic carbocycles. The van der Waals surface area contributed by atoms with Crippen LogP contribution in [0.3, 0.4) is 0 Å². The molecule has 3 heterocycles. The molecular weight excluding hydrogens is 382 g/mol. The molecule has 6 nitrogen and oxygen atoms in total. The van der Waals surface area contributed by atoms with E-state index in [4.69, 9.17) is 12.2 Å². The van der Waals surface area contributed by atoms with Crippen molar-refractivity contribution in [3.05, 3.63) is 77.9 Å². The second-order valence-electron chi connectivity index (χ2n) is 7.02. The molecule has 3 aromatic rings. The van der Waals surface area contributed by atoms with E-state index in [1.165, 1.54) is 0 Å². The van der Waals surface area contributed by atoms with Crippen molar-refractivity contribution in [1.29, 1.82) is 0 Å². The van der Waals surface area contributed by atoms with Gasteiger partial charge in [0.05, 0.1) is 11.7 Å². The molecular formula is C22H23N5OS. The zero-order chi connectivity index (χ0) is 20.4. The van der Waals surface area contributed by atoms with Gasteiger partial charge in [-0.25, -0.2) is 0 Å². The van der Waals surface area contributed by atoms with Crippen LogP contribution in [0.25, 0.3) is 0 Å². The molecule has 0 radical (unpaired) electrons. The maximum atomic E-state index is 11.8. The molecule has 2 atom stereocenters. The minimum absolute atomic E-state index is 0.00121. The molecule has 1 aliphatic rings. The van der Waals surface area contributed by atoms with E-state index in [-0.39, 0.29) is 18.0 Å². The maximum Gasteiger partial charge on any atom is 0.224 e. The lowest BCUT2D eigenvalue weighted by Gasteiger charge is -2.27. The molecule has 4 rings (SSSR count). The standard InChI is InChI=1S/C22H23N5OS/c1-3-19(28)25-16-10-9-15(13-14(16)2)27-21(18-8-6-12-24-18)20(26-22(27)29)17-7-4-5-11-23-17/h4-13,20-21,24H,3H2,1-2H3,(H,25,28)(H,26,29)/t20-,21+/m0/s1. The summed E-state index contributed by atoms with van der Waals surface area (Å²) in [7, 11) is 0. The number of pyridine rings is 1. The number of rotatable bonds is 5. The molecule has 3 N–H and O–H groups in total. The fraction of sp³-hybridized carbons (Fsp3) is 0.227. The van der Waals surface area contributed by atoms with Gasteiger partial charge in [0.1, 0.15) is 6.04 Å². The van der Waals surface area contributed by atoms with Gasteiger partial charge in [-0.1, -0.05) is 13.0 Å². The first kappa shape index (κ1) is 19.1. The van der Waals surface area contributed by atoms with Gasteiger partial charge in [0.25, 0.3) is 0 Å². The van der Waals surface area contributed by atoms with E-state index in [1.807, 2.05) is 56.4 Å². The third-order valence-electron chi connectivity index (χ3n) is 5.12. The number of amides is 1. The van der Waals surface area contributed by atoms with Crippen molar-refractivity contribution in [2.24, 2.45) is 0 Å². The number of nitrogens with zero attached hydrogens (tertiary/aromatic N) is 2. The van der Waals surface area contributed by atoms with Crippen LogP contribution >= 0.6 is 12.2 Å². The Morgan fingerprint density at radius 1 is 1.24 bits per heavy atom. The SMILES string of the molecule is CCC(=O)Nc1ccc(N2C(=S)N[C@@H](c3ccccn3)[C@H]2c2ccc[nH]2)cc1C. The smallest absolute Gasteiger partial charge is 0.224 e. The zero-order valence-electron chi connectivity index (χ0n) is 16.3. The van der Waals surface area contributed by atoms with Crippen LogP contribution in [-0.2, 0) is 4.79 Å². The van der Waals surface area contributed by atoms with E-state index >= 15 is 0 Å². The first-order valence-electron chi connectivity index (χ1n) is 9.63. The highest BCUT2D eigenvalue weighted by Gasteiger charge is 2.41. The van der Waals surface area contributed by atoms with E-state index in [9.17, 15) is 4.79 Å². The van der Waals surface area contributed by atoms with Gasteiger partial charge in [-0.05, 0) is 67.2 Å². The Balaban J connectivity index is 1.73. The average molecular weight is 406 g/mol. The third-order valence-corrected chi connectivity index (χ3v) is 5.44. The van der Waals surface area contributed by atoms with Gasteiger partial charge in [-0.15, -0.1) is 0 Å². The molecule has 2 aromatic heterocycles. The lowest BCUT2D eigenvalue weighted by molar-refractivity contribution is -0.115. The van der Waals surface area contributed by atoms with Gasteiger partial charge in [0, 0.05) is 35.9 Å². The number of carbonyl (C=O) groups excluding carboxylic acids is 1. The van der Waals surface area contributed by atoms with Crippen molar-refractivity contribution in [2.45, 2.75) is 32.4 Å². The number of H-pyrrole nitrogens is 1. The number of benzene rings is 1. The molecule has 0 bridgehead atoms. The summed E-state index contributed by atoms with van der Waals surface area (Å²) in [6.45, 7) is 3.83. The normalized spacial score (nSPS) is 18.6. The number of thiocarbonyl (C=S) groups is 1. The second-order valence-corrected chi connectivity index (χ2v) is 7.41. The van der Waals surface area contributed by atoms with Crippen LogP contribution in [0.1, 0.15) is 42.4 Å². The van der Waals surface area contributed by atoms with Gasteiger partial charge in [0.15, 0.2) is 5.11 Å². The lowest BCUT2D eigenvalue weighted by atomic mass is 10.0. The molecule has 1 aliphatic heterocycles. The monoisotopic (exact) mass is 405 g/mol. The summed E-state index contributed by atoms with van der Waals surface area (Å²) in [5, 5.41) is 7.02. The topological polar surface area (TPSA) is 73.1 Å². The first-order valence-corrected chi connectivity index (χ1v) is 10.0. The molecule has 0 spiro atoms. The summed E-state index contributed by atoms with van der Waals surface area (Å²) in [6, 6.07) is 15.8. The van der Waals surface area contributed by atoms with E-state index in [0.29, 0.717) is 11.5 Å². The van der Waals surface area contributed by atoms with E-state index < -0.39 is 0 Å². The molecule has 0 unspecified atom stereocenters. The molecule has 29 heavy (non-hydrogen) atoms. The summed E-state index contributed by atoms with van der Waals surface area (Å²) >= 11 is 5.72. The van der Waals surface area contributed by atoms with Gasteiger partial charge in [0.2, 0.25) is 5.91 Å². The number of hydrogen-bond acceptors (Lipinski definition) is 3. The first-order chi connectivity index (χ1) is 14.1. The maximum absolute atomic E-state index is 11.8. The Morgan fingerprint density at radius 3 is 2.76 bits per heavy atom. The largest absolute Gasteiger partial charge is 0.363 e. The van der Waals surface area contributed by atoms with E-state index in [2.05, 4.69) is 37.6 Å². The Bertz CT molecular complexity index is 1020. The number of aryl methyl sites for hydroxylation is 1. The van der Waals surface area contributed by atoms with Gasteiger partial charge >= 0.3 is 0 Å². The van der Waals surface area contributed by atoms with Crippen LogP contribution in [0.5, 0.6) is 0 Å². The van der Waals surface area contributed by atoms with Crippen LogP contribution in [0.15, 0.2) is 60.9 Å². The summed E-state index contributed by atoms with van der Waals surface area (Å²) in [5.41, 5.74) is 4.75. The van der Waals surface area contributed by atoms with Gasteiger partial charge in [-0.2, -0.15) is 0 Å². The summed E-state index contributed by atoms with van der Waals surface area (Å²) in [6.07, 6.45) is 4.16. The number of aromatic amines is 1. The van der Waals surface area contributed by atoms with Gasteiger partial charge in [-0.3, -0.25) is 9.78 Å². The number of hydrogen-bond donors (Lipinski definition) is 3. The summed E-state index contributed by atoms with van der Waals surface area (Å²) in [4.78, 5) is 21.8. The Morgan fingerprint density at radius 2 is 2.10 bits per heavy atom. The molecule has 7 heteroatoms. The van der Waals surface area contributed by atoms with Crippen LogP contribution in [0.4, 0.5) is 11.4 Å². The van der Waals surface area contributed by atoms with Crippen LogP contribution in [0, 0.1) is 6.92 Å². The number of anilines is 2. The Labute approximate surface area is 175 Å². The number of aromatic nitrogens is 2. The quantitative estimate of drug-likeness (QED) is 0.554. The average Bonchev–Trinajstić information content (AvgIpc) is 3.37. The predicted molar refractivity (Wildman–Crippen MR) is 119 cm³/mol. The van der Waals surface area contributed by atoms with Crippen molar-refractivity contribution in [3.63, 3.8) is 0 Å². The Hall–Kier alpha value is -3.19. The molecule has 148 valence electrons. The third kappa shape index (κ3) is 3.73. The van der Waals surface area contributed by atoms with Crippen molar-refractivity contribution in [1.82, 2.24) is 15.3 Å². The van der Waals surface area contributed by atoms with E-state index in [1.54, 1.807) is 6.20 Å².